The van der Waals surface area contributed by atoms with E-state index in [4.69, 9.17) is 16.3 Å². The first-order valence-electron chi connectivity index (χ1n) is 7.91. The standard InChI is InChI=1S/C20H18ClNO3/c1-12-13(2)22(20(24)14-7-5-4-6-8-14)17-11-16(21)19(25-3)15(9-10-23)18(12)17/h4-8,10-11H,9H2,1-3H3. The molecule has 0 saturated carbocycles. The largest absolute Gasteiger partial charge is 0.495 e. The fraction of sp³-hybridized carbons (Fsp3) is 0.200. The van der Waals surface area contributed by atoms with Gasteiger partial charge in [-0.2, -0.15) is 0 Å². The van der Waals surface area contributed by atoms with Gasteiger partial charge in [-0.25, -0.2) is 0 Å². The maximum absolute atomic E-state index is 13.0. The van der Waals surface area contributed by atoms with Crippen LogP contribution in [-0.4, -0.2) is 23.9 Å². The molecule has 0 aliphatic rings. The van der Waals surface area contributed by atoms with Crippen molar-refractivity contribution in [3.05, 3.63) is 63.8 Å². The monoisotopic (exact) mass is 355 g/mol. The van der Waals surface area contributed by atoms with E-state index in [1.165, 1.54) is 7.11 Å². The van der Waals surface area contributed by atoms with Gasteiger partial charge in [0.05, 0.1) is 17.6 Å². The molecule has 0 aliphatic heterocycles. The molecule has 1 aromatic heterocycles. The van der Waals surface area contributed by atoms with E-state index in [0.29, 0.717) is 27.4 Å². The molecule has 3 rings (SSSR count). The lowest BCUT2D eigenvalue weighted by atomic mass is 10.0. The molecular formula is C20H18ClNO3. The fourth-order valence-corrected chi connectivity index (χ4v) is 3.56. The summed E-state index contributed by atoms with van der Waals surface area (Å²) in [6.07, 6.45) is 0.989. The SMILES string of the molecule is COc1c(Cl)cc2c(c(C)c(C)n2C(=O)c2ccccc2)c1CC=O. The van der Waals surface area contributed by atoms with Crippen LogP contribution in [0.15, 0.2) is 36.4 Å². The van der Waals surface area contributed by atoms with E-state index in [-0.39, 0.29) is 12.3 Å². The third kappa shape index (κ3) is 2.72. The van der Waals surface area contributed by atoms with Crippen LogP contribution >= 0.6 is 11.6 Å². The van der Waals surface area contributed by atoms with Crippen molar-refractivity contribution in [2.75, 3.05) is 7.11 Å². The van der Waals surface area contributed by atoms with Crippen LogP contribution in [0.1, 0.15) is 27.2 Å². The molecule has 0 radical (unpaired) electrons. The Morgan fingerprint density at radius 2 is 1.92 bits per heavy atom. The summed E-state index contributed by atoms with van der Waals surface area (Å²) in [5.41, 5.74) is 3.74. The van der Waals surface area contributed by atoms with Gasteiger partial charge in [0.2, 0.25) is 0 Å². The quantitative estimate of drug-likeness (QED) is 0.654. The van der Waals surface area contributed by atoms with Crippen LogP contribution in [0.4, 0.5) is 0 Å². The predicted octanol–water partition coefficient (Wildman–Crippen LogP) is 4.35. The summed E-state index contributed by atoms with van der Waals surface area (Å²) in [5, 5.41) is 1.22. The number of halogens is 1. The summed E-state index contributed by atoms with van der Waals surface area (Å²) in [6.45, 7) is 3.83. The highest BCUT2D eigenvalue weighted by Crippen LogP contribution is 2.39. The molecule has 3 aromatic rings. The minimum absolute atomic E-state index is 0.130. The van der Waals surface area contributed by atoms with E-state index in [9.17, 15) is 9.59 Å². The van der Waals surface area contributed by atoms with Crippen molar-refractivity contribution >= 4 is 34.7 Å². The number of fused-ring (bicyclic) bond motifs is 1. The zero-order valence-electron chi connectivity index (χ0n) is 14.3. The van der Waals surface area contributed by atoms with Crippen LogP contribution in [0.2, 0.25) is 5.02 Å². The number of carbonyl (C=O) groups is 2. The molecule has 5 heteroatoms. The topological polar surface area (TPSA) is 48.3 Å². The van der Waals surface area contributed by atoms with Gasteiger partial charge in [-0.1, -0.05) is 29.8 Å². The number of nitrogens with zero attached hydrogens (tertiary/aromatic N) is 1. The molecule has 25 heavy (non-hydrogen) atoms. The maximum Gasteiger partial charge on any atom is 0.262 e. The van der Waals surface area contributed by atoms with Gasteiger partial charge in [-0.05, 0) is 37.6 Å². The molecule has 0 fully saturated rings. The van der Waals surface area contributed by atoms with Crippen LogP contribution in [0.5, 0.6) is 5.75 Å². The first-order chi connectivity index (χ1) is 12.0. The maximum atomic E-state index is 13.0. The van der Waals surface area contributed by atoms with Crippen LogP contribution in [0.3, 0.4) is 0 Å². The number of rotatable bonds is 4. The summed E-state index contributed by atoms with van der Waals surface area (Å²) in [5.74, 6) is 0.350. The normalized spacial score (nSPS) is 10.9. The van der Waals surface area contributed by atoms with Crippen molar-refractivity contribution in [1.29, 1.82) is 0 Å². The number of methoxy groups -OCH3 is 1. The molecule has 4 nitrogen and oxygen atoms in total. The highest BCUT2D eigenvalue weighted by atomic mass is 35.5. The van der Waals surface area contributed by atoms with Crippen molar-refractivity contribution in [3.8, 4) is 5.75 Å². The summed E-state index contributed by atoms with van der Waals surface area (Å²) in [6, 6.07) is 10.8. The Morgan fingerprint density at radius 1 is 1.24 bits per heavy atom. The summed E-state index contributed by atoms with van der Waals surface area (Å²) < 4.78 is 7.05. The Kier molecular flexibility index (Phi) is 4.64. The van der Waals surface area contributed by atoms with E-state index >= 15 is 0 Å². The number of ether oxygens (including phenoxy) is 1. The Hall–Kier alpha value is -2.59. The molecule has 0 saturated heterocycles. The summed E-state index contributed by atoms with van der Waals surface area (Å²) in [7, 11) is 1.52. The van der Waals surface area contributed by atoms with Gasteiger partial charge in [0, 0.05) is 28.6 Å². The van der Waals surface area contributed by atoms with Gasteiger partial charge >= 0.3 is 0 Å². The van der Waals surface area contributed by atoms with Crippen molar-refractivity contribution in [3.63, 3.8) is 0 Å². The van der Waals surface area contributed by atoms with Crippen LogP contribution in [0, 0.1) is 13.8 Å². The number of aryl methyl sites for hydroxylation is 1. The second-order valence-electron chi connectivity index (χ2n) is 5.85. The second-order valence-corrected chi connectivity index (χ2v) is 6.26. The van der Waals surface area contributed by atoms with Crippen LogP contribution in [0.25, 0.3) is 10.9 Å². The summed E-state index contributed by atoms with van der Waals surface area (Å²) >= 11 is 6.36. The molecule has 128 valence electrons. The lowest BCUT2D eigenvalue weighted by Gasteiger charge is -2.12. The zero-order chi connectivity index (χ0) is 18.1. The molecule has 0 N–H and O–H groups in total. The van der Waals surface area contributed by atoms with Gasteiger partial charge in [-0.15, -0.1) is 0 Å². The molecule has 0 bridgehead atoms. The molecule has 1 heterocycles. The van der Waals surface area contributed by atoms with E-state index < -0.39 is 0 Å². The van der Waals surface area contributed by atoms with E-state index in [1.807, 2.05) is 32.0 Å². The Labute approximate surface area is 151 Å². The van der Waals surface area contributed by atoms with Gasteiger partial charge < -0.3 is 9.53 Å². The minimum atomic E-state index is -0.130. The number of carbonyl (C=O) groups excluding carboxylic acids is 2. The van der Waals surface area contributed by atoms with E-state index in [2.05, 4.69) is 0 Å². The molecular weight excluding hydrogens is 338 g/mol. The van der Waals surface area contributed by atoms with Gasteiger partial charge in [0.15, 0.2) is 0 Å². The Morgan fingerprint density at radius 3 is 2.52 bits per heavy atom. The van der Waals surface area contributed by atoms with Gasteiger partial charge in [0.25, 0.3) is 5.91 Å². The van der Waals surface area contributed by atoms with Gasteiger partial charge in [0.1, 0.15) is 12.0 Å². The van der Waals surface area contributed by atoms with E-state index in [1.54, 1.807) is 22.8 Å². The number of hydrogen-bond acceptors (Lipinski definition) is 3. The summed E-state index contributed by atoms with van der Waals surface area (Å²) in [4.78, 5) is 24.2. The van der Waals surface area contributed by atoms with E-state index in [0.717, 1.165) is 22.9 Å². The first-order valence-corrected chi connectivity index (χ1v) is 8.29. The van der Waals surface area contributed by atoms with Crippen molar-refractivity contribution < 1.29 is 14.3 Å². The first kappa shape index (κ1) is 17.2. The zero-order valence-corrected chi connectivity index (χ0v) is 15.1. The van der Waals surface area contributed by atoms with Crippen molar-refractivity contribution in [2.45, 2.75) is 20.3 Å². The smallest absolute Gasteiger partial charge is 0.262 e. The van der Waals surface area contributed by atoms with Crippen LogP contribution < -0.4 is 4.74 Å². The average Bonchev–Trinajstić information content (AvgIpc) is 2.86. The molecule has 0 amide bonds. The lowest BCUT2D eigenvalue weighted by Crippen LogP contribution is -2.13. The van der Waals surface area contributed by atoms with Crippen molar-refractivity contribution in [1.82, 2.24) is 4.57 Å². The number of hydrogen-bond donors (Lipinski definition) is 0. The van der Waals surface area contributed by atoms with Crippen molar-refractivity contribution in [2.24, 2.45) is 0 Å². The average molecular weight is 356 g/mol. The number of aldehydes is 1. The third-order valence-electron chi connectivity index (χ3n) is 4.52. The molecule has 0 atom stereocenters. The Bertz CT molecular complexity index is 974. The highest BCUT2D eigenvalue weighted by Gasteiger charge is 2.23. The second kappa shape index (κ2) is 6.73. The molecule has 2 aromatic carbocycles. The van der Waals surface area contributed by atoms with Gasteiger partial charge in [-0.3, -0.25) is 9.36 Å². The number of aromatic nitrogens is 1. The molecule has 0 unspecified atom stereocenters. The predicted molar refractivity (Wildman–Crippen MR) is 98.9 cm³/mol. The fourth-order valence-electron chi connectivity index (χ4n) is 3.26. The highest BCUT2D eigenvalue weighted by molar-refractivity contribution is 6.33. The molecule has 0 aliphatic carbocycles. The Balaban J connectivity index is 2.37. The van der Waals surface area contributed by atoms with Crippen LogP contribution in [-0.2, 0) is 11.2 Å². The minimum Gasteiger partial charge on any atom is -0.495 e. The molecule has 0 spiro atoms. The number of benzene rings is 2. The third-order valence-corrected chi connectivity index (χ3v) is 4.80. The lowest BCUT2D eigenvalue weighted by molar-refractivity contribution is -0.107.